The quantitative estimate of drug-likeness (QED) is 0.254. The van der Waals surface area contributed by atoms with Crippen LogP contribution in [0, 0.1) is 5.82 Å². The number of anilines is 1. The zero-order chi connectivity index (χ0) is 31.6. The first-order valence-electron chi connectivity index (χ1n) is 14.3. The van der Waals surface area contributed by atoms with Gasteiger partial charge < -0.3 is 19.7 Å². The van der Waals surface area contributed by atoms with Crippen molar-refractivity contribution in [1.82, 2.24) is 10.2 Å². The molecule has 0 saturated carbocycles. The molecule has 3 aromatic rings. The number of nitrogens with zero attached hydrogens (tertiary/aromatic N) is 2. The van der Waals surface area contributed by atoms with Gasteiger partial charge >= 0.3 is 0 Å². The van der Waals surface area contributed by atoms with Crippen molar-refractivity contribution >= 4 is 27.5 Å². The summed E-state index contributed by atoms with van der Waals surface area (Å²) in [5.74, 6) is -0.425. The topological polar surface area (TPSA) is 105 Å². The molecule has 0 fully saturated rings. The molecule has 0 aromatic heterocycles. The van der Waals surface area contributed by atoms with Crippen LogP contribution in [0.2, 0.25) is 0 Å². The molecular weight excluding hydrogens is 573 g/mol. The summed E-state index contributed by atoms with van der Waals surface area (Å²) in [7, 11) is -2.77. The first-order chi connectivity index (χ1) is 20.5. The van der Waals surface area contributed by atoms with Gasteiger partial charge in [0.1, 0.15) is 29.9 Å². The van der Waals surface area contributed by atoms with E-state index in [0.29, 0.717) is 36.5 Å². The van der Waals surface area contributed by atoms with Crippen LogP contribution in [0.1, 0.15) is 46.1 Å². The summed E-state index contributed by atoms with van der Waals surface area (Å²) in [6, 6.07) is 16.8. The molecule has 2 atom stereocenters. The van der Waals surface area contributed by atoms with E-state index in [2.05, 4.69) is 5.32 Å². The van der Waals surface area contributed by atoms with Gasteiger partial charge in [-0.05, 0) is 92.9 Å². The van der Waals surface area contributed by atoms with Gasteiger partial charge in [0.15, 0.2) is 0 Å². The Labute approximate surface area is 253 Å². The number of amides is 2. The molecule has 3 rings (SSSR count). The van der Waals surface area contributed by atoms with E-state index < -0.39 is 34.3 Å². The Morgan fingerprint density at radius 2 is 1.60 bits per heavy atom. The van der Waals surface area contributed by atoms with Gasteiger partial charge in [0, 0.05) is 12.6 Å². The maximum Gasteiger partial charge on any atom is 0.264 e. The van der Waals surface area contributed by atoms with E-state index in [4.69, 9.17) is 9.47 Å². The second-order valence-electron chi connectivity index (χ2n) is 10.0. The first kappa shape index (κ1) is 33.4. The molecule has 43 heavy (non-hydrogen) atoms. The van der Waals surface area contributed by atoms with Crippen LogP contribution in [0.4, 0.5) is 10.1 Å². The SMILES string of the molecule is CCOc1ccc(S(=O)(=O)N(CC(=O)N(Cc2cccc(OC)c2)[C@H](CC)C(=O)N[C@H](C)CC)c2ccc(F)cc2)cc1. The minimum absolute atomic E-state index is 0.0306. The fourth-order valence-electron chi connectivity index (χ4n) is 4.47. The molecule has 2 amide bonds. The van der Waals surface area contributed by atoms with Crippen molar-refractivity contribution in [2.24, 2.45) is 0 Å². The highest BCUT2D eigenvalue weighted by Gasteiger charge is 2.34. The van der Waals surface area contributed by atoms with Gasteiger partial charge in [-0.25, -0.2) is 12.8 Å². The van der Waals surface area contributed by atoms with Gasteiger partial charge in [0.2, 0.25) is 11.8 Å². The normalized spacial score (nSPS) is 12.6. The van der Waals surface area contributed by atoms with Crippen molar-refractivity contribution in [3.63, 3.8) is 0 Å². The molecule has 0 aliphatic heterocycles. The van der Waals surface area contributed by atoms with Crippen molar-refractivity contribution in [3.05, 3.63) is 84.2 Å². The highest BCUT2D eigenvalue weighted by molar-refractivity contribution is 7.92. The molecule has 3 aromatic carbocycles. The zero-order valence-electron chi connectivity index (χ0n) is 25.2. The minimum Gasteiger partial charge on any atom is -0.497 e. The third-order valence-corrected chi connectivity index (χ3v) is 8.78. The number of methoxy groups -OCH3 is 1. The van der Waals surface area contributed by atoms with Gasteiger partial charge in [0.25, 0.3) is 10.0 Å². The zero-order valence-corrected chi connectivity index (χ0v) is 26.1. The van der Waals surface area contributed by atoms with E-state index in [-0.39, 0.29) is 29.1 Å². The van der Waals surface area contributed by atoms with E-state index in [1.807, 2.05) is 20.8 Å². The number of rotatable bonds is 15. The Kier molecular flexibility index (Phi) is 11.9. The monoisotopic (exact) mass is 613 g/mol. The Morgan fingerprint density at radius 1 is 0.930 bits per heavy atom. The minimum atomic E-state index is -4.30. The molecule has 0 radical (unpaired) electrons. The second-order valence-corrected chi connectivity index (χ2v) is 11.9. The summed E-state index contributed by atoms with van der Waals surface area (Å²) in [5, 5.41) is 2.94. The standard InChI is InChI=1S/C32H40FN3O6S/c1-6-23(4)34-32(38)30(7-2)35(21-24-10-9-11-28(20-24)41-5)31(37)22-36(26-14-12-25(33)13-15-26)43(39,40)29-18-16-27(17-19-29)42-8-3/h9-20,23,30H,6-8,21-22H2,1-5H3,(H,34,38)/t23-,30-/m1/s1. The summed E-state index contributed by atoms with van der Waals surface area (Å²) in [6.45, 7) is 7.24. The summed E-state index contributed by atoms with van der Waals surface area (Å²) >= 11 is 0. The van der Waals surface area contributed by atoms with E-state index in [0.717, 1.165) is 16.4 Å². The summed E-state index contributed by atoms with van der Waals surface area (Å²) in [4.78, 5) is 28.8. The maximum atomic E-state index is 14.1. The summed E-state index contributed by atoms with van der Waals surface area (Å²) < 4.78 is 53.5. The number of carbonyl (C=O) groups is 2. The fraction of sp³-hybridized carbons (Fsp3) is 0.375. The molecule has 0 saturated heterocycles. The Balaban J connectivity index is 2.06. The Hall–Kier alpha value is -4.12. The smallest absolute Gasteiger partial charge is 0.264 e. The third kappa shape index (κ3) is 8.70. The number of benzene rings is 3. The van der Waals surface area contributed by atoms with E-state index in [1.54, 1.807) is 31.2 Å². The van der Waals surface area contributed by atoms with E-state index in [1.165, 1.54) is 48.4 Å². The maximum absolute atomic E-state index is 14.1. The molecule has 9 nitrogen and oxygen atoms in total. The number of sulfonamides is 1. The van der Waals surface area contributed by atoms with Gasteiger partial charge in [0.05, 0.1) is 24.3 Å². The highest BCUT2D eigenvalue weighted by atomic mass is 32.2. The van der Waals surface area contributed by atoms with Crippen LogP contribution >= 0.6 is 0 Å². The fourth-order valence-corrected chi connectivity index (χ4v) is 5.88. The van der Waals surface area contributed by atoms with Crippen LogP contribution in [0.15, 0.2) is 77.7 Å². The first-order valence-corrected chi connectivity index (χ1v) is 15.7. The third-order valence-electron chi connectivity index (χ3n) is 6.99. The van der Waals surface area contributed by atoms with Crippen molar-refractivity contribution in [3.8, 4) is 11.5 Å². The number of hydrogen-bond donors (Lipinski definition) is 1. The van der Waals surface area contributed by atoms with Crippen molar-refractivity contribution < 1.29 is 31.9 Å². The van der Waals surface area contributed by atoms with Crippen molar-refractivity contribution in [1.29, 1.82) is 0 Å². The predicted octanol–water partition coefficient (Wildman–Crippen LogP) is 5.15. The number of hydrogen-bond acceptors (Lipinski definition) is 6. The number of halogens is 1. The average Bonchev–Trinajstić information content (AvgIpc) is 3.00. The molecule has 0 unspecified atom stereocenters. The van der Waals surface area contributed by atoms with E-state index in [9.17, 15) is 22.4 Å². The van der Waals surface area contributed by atoms with Crippen LogP contribution in [0.25, 0.3) is 0 Å². The van der Waals surface area contributed by atoms with Gasteiger partial charge in [-0.2, -0.15) is 0 Å². The van der Waals surface area contributed by atoms with Gasteiger partial charge in [-0.15, -0.1) is 0 Å². The number of carbonyl (C=O) groups excluding carboxylic acids is 2. The molecule has 1 N–H and O–H groups in total. The lowest BCUT2D eigenvalue weighted by atomic mass is 10.1. The molecule has 0 bridgehead atoms. The largest absolute Gasteiger partial charge is 0.497 e. The molecule has 232 valence electrons. The second kappa shape index (κ2) is 15.4. The lowest BCUT2D eigenvalue weighted by Gasteiger charge is -2.33. The van der Waals surface area contributed by atoms with E-state index >= 15 is 0 Å². The number of ether oxygens (including phenoxy) is 2. The molecule has 0 aliphatic rings. The lowest BCUT2D eigenvalue weighted by molar-refractivity contribution is -0.140. The predicted molar refractivity (Wildman–Crippen MR) is 164 cm³/mol. The van der Waals surface area contributed by atoms with Crippen LogP contribution in [-0.2, 0) is 26.2 Å². The van der Waals surface area contributed by atoms with Crippen LogP contribution in [0.5, 0.6) is 11.5 Å². The van der Waals surface area contributed by atoms with Crippen molar-refractivity contribution in [2.45, 2.75) is 64.1 Å². The number of nitrogens with one attached hydrogen (secondary N) is 1. The van der Waals surface area contributed by atoms with Crippen LogP contribution in [-0.4, -0.2) is 57.5 Å². The Morgan fingerprint density at radius 3 is 2.19 bits per heavy atom. The van der Waals surface area contributed by atoms with Crippen molar-refractivity contribution in [2.75, 3.05) is 24.6 Å². The molecule has 0 aliphatic carbocycles. The van der Waals surface area contributed by atoms with Crippen LogP contribution < -0.4 is 19.1 Å². The summed E-state index contributed by atoms with van der Waals surface area (Å²) in [6.07, 6.45) is 0.991. The highest BCUT2D eigenvalue weighted by Crippen LogP contribution is 2.27. The van der Waals surface area contributed by atoms with Gasteiger partial charge in [-0.1, -0.05) is 26.0 Å². The molecule has 0 spiro atoms. The van der Waals surface area contributed by atoms with Gasteiger partial charge in [-0.3, -0.25) is 13.9 Å². The molecular formula is C32H40FN3O6S. The average molecular weight is 614 g/mol. The molecule has 0 heterocycles. The van der Waals surface area contributed by atoms with Crippen LogP contribution in [0.3, 0.4) is 0 Å². The molecule has 11 heteroatoms. The Bertz CT molecular complexity index is 1470. The summed E-state index contributed by atoms with van der Waals surface area (Å²) in [5.41, 5.74) is 0.798. The lowest BCUT2D eigenvalue weighted by Crippen LogP contribution is -2.53.